The Bertz CT molecular complexity index is 1320. The molecule has 2 aromatic carbocycles. The number of benzene rings is 2. The normalized spacial score (nSPS) is 15.6. The van der Waals surface area contributed by atoms with Gasteiger partial charge in [0.15, 0.2) is 5.58 Å². The van der Waals surface area contributed by atoms with Crippen molar-refractivity contribution in [3.05, 3.63) is 58.6 Å². The third-order valence-corrected chi connectivity index (χ3v) is 8.31. The number of sulfonamides is 1. The molecule has 1 amide bonds. The predicted octanol–water partition coefficient (Wildman–Crippen LogP) is 4.00. The molecule has 9 heteroatoms. The molecule has 0 atom stereocenters. The molecule has 1 saturated heterocycles. The molecule has 1 aromatic heterocycles. The van der Waals surface area contributed by atoms with Crippen molar-refractivity contribution in [2.75, 3.05) is 18.4 Å². The maximum absolute atomic E-state index is 13.2. The second kappa shape index (κ2) is 10.1. The lowest BCUT2D eigenvalue weighted by atomic mass is 9.94. The van der Waals surface area contributed by atoms with E-state index in [0.717, 1.165) is 18.5 Å². The number of piperidine rings is 1. The molecule has 0 saturated carbocycles. The van der Waals surface area contributed by atoms with E-state index < -0.39 is 15.8 Å². The SMILES string of the molecule is CCCn1c(=O)oc2cc(S(=O)(=O)N3CCC(CC(=O)Nc4ccc(CC)cc4)CC3)ccc21. The molecule has 8 nitrogen and oxygen atoms in total. The molecule has 3 aromatic rings. The topological polar surface area (TPSA) is 102 Å². The van der Waals surface area contributed by atoms with E-state index in [2.05, 4.69) is 12.2 Å². The van der Waals surface area contributed by atoms with Gasteiger partial charge in [-0.25, -0.2) is 13.2 Å². The Kier molecular flexibility index (Phi) is 7.23. The number of carbonyl (C=O) groups is 1. The van der Waals surface area contributed by atoms with Gasteiger partial charge in [0.25, 0.3) is 0 Å². The average Bonchev–Trinajstić information content (AvgIpc) is 3.14. The molecular weight excluding hydrogens is 454 g/mol. The molecular formula is C25H31N3O5S. The van der Waals surface area contributed by atoms with Crippen molar-refractivity contribution in [3.63, 3.8) is 0 Å². The summed E-state index contributed by atoms with van der Waals surface area (Å²) in [5.74, 6) is -0.403. The monoisotopic (exact) mass is 485 g/mol. The van der Waals surface area contributed by atoms with Crippen molar-refractivity contribution in [1.29, 1.82) is 0 Å². The Balaban J connectivity index is 1.37. The summed E-state index contributed by atoms with van der Waals surface area (Å²) in [4.78, 5) is 24.6. The van der Waals surface area contributed by atoms with E-state index >= 15 is 0 Å². The van der Waals surface area contributed by atoms with E-state index in [0.29, 0.717) is 44.4 Å². The van der Waals surface area contributed by atoms with Gasteiger partial charge in [0.2, 0.25) is 15.9 Å². The first kappa shape index (κ1) is 24.2. The van der Waals surface area contributed by atoms with Crippen molar-refractivity contribution in [2.24, 2.45) is 5.92 Å². The molecule has 0 bridgehead atoms. The predicted molar refractivity (Wildman–Crippen MR) is 131 cm³/mol. The van der Waals surface area contributed by atoms with Crippen LogP contribution in [0, 0.1) is 5.92 Å². The van der Waals surface area contributed by atoms with Gasteiger partial charge in [-0.2, -0.15) is 4.31 Å². The number of hydrogen-bond donors (Lipinski definition) is 1. The Labute approximate surface area is 199 Å². The van der Waals surface area contributed by atoms with Crippen LogP contribution in [0.4, 0.5) is 5.69 Å². The van der Waals surface area contributed by atoms with E-state index in [4.69, 9.17) is 4.42 Å². The van der Waals surface area contributed by atoms with E-state index in [-0.39, 0.29) is 22.3 Å². The highest BCUT2D eigenvalue weighted by atomic mass is 32.2. The van der Waals surface area contributed by atoms with Gasteiger partial charge in [-0.3, -0.25) is 9.36 Å². The zero-order valence-electron chi connectivity index (χ0n) is 19.6. The van der Waals surface area contributed by atoms with Crippen LogP contribution < -0.4 is 11.1 Å². The molecule has 1 fully saturated rings. The van der Waals surface area contributed by atoms with Gasteiger partial charge < -0.3 is 9.73 Å². The first-order chi connectivity index (χ1) is 16.3. The summed E-state index contributed by atoms with van der Waals surface area (Å²) in [7, 11) is -3.71. The van der Waals surface area contributed by atoms with Crippen LogP contribution in [-0.4, -0.2) is 36.3 Å². The summed E-state index contributed by atoms with van der Waals surface area (Å²) >= 11 is 0. The number of fused-ring (bicyclic) bond motifs is 1. The smallest absolute Gasteiger partial charge is 0.408 e. The third-order valence-electron chi connectivity index (χ3n) is 6.42. The number of oxazole rings is 1. The Hall–Kier alpha value is -2.91. The minimum absolute atomic E-state index is 0.0531. The summed E-state index contributed by atoms with van der Waals surface area (Å²) in [5, 5.41) is 2.93. The minimum Gasteiger partial charge on any atom is -0.408 e. The standard InChI is InChI=1S/C25H31N3O5S/c1-3-13-28-22-10-9-21(17-23(22)33-25(28)30)34(31,32)27-14-11-19(12-15-27)16-24(29)26-20-7-5-18(4-2)6-8-20/h5-10,17,19H,3-4,11-16H2,1-2H3,(H,26,29). The molecule has 0 unspecified atom stereocenters. The second-order valence-electron chi connectivity index (χ2n) is 8.80. The highest BCUT2D eigenvalue weighted by Crippen LogP contribution is 2.28. The first-order valence-corrected chi connectivity index (χ1v) is 13.3. The average molecular weight is 486 g/mol. The molecule has 0 spiro atoms. The van der Waals surface area contributed by atoms with Gasteiger partial charge in [0.1, 0.15) is 0 Å². The van der Waals surface area contributed by atoms with Crippen LogP contribution in [0.5, 0.6) is 0 Å². The van der Waals surface area contributed by atoms with Gasteiger partial charge >= 0.3 is 5.76 Å². The Morgan fingerprint density at radius 3 is 2.44 bits per heavy atom. The molecule has 0 radical (unpaired) electrons. The van der Waals surface area contributed by atoms with Crippen LogP contribution in [0.15, 0.2) is 56.6 Å². The van der Waals surface area contributed by atoms with Crippen molar-refractivity contribution >= 4 is 32.7 Å². The molecule has 182 valence electrons. The summed E-state index contributed by atoms with van der Waals surface area (Å²) < 4.78 is 34.6. The number of aryl methyl sites for hydroxylation is 2. The van der Waals surface area contributed by atoms with Gasteiger partial charge in [0.05, 0.1) is 10.4 Å². The number of hydrogen-bond acceptors (Lipinski definition) is 5. The quantitative estimate of drug-likeness (QED) is 0.520. The highest BCUT2D eigenvalue weighted by Gasteiger charge is 2.30. The van der Waals surface area contributed by atoms with E-state index in [1.54, 1.807) is 6.07 Å². The number of amides is 1. The lowest BCUT2D eigenvalue weighted by Crippen LogP contribution is -2.39. The van der Waals surface area contributed by atoms with Crippen LogP contribution in [0.1, 0.15) is 45.1 Å². The van der Waals surface area contributed by atoms with Crippen molar-refractivity contribution in [3.8, 4) is 0 Å². The lowest BCUT2D eigenvalue weighted by Gasteiger charge is -2.31. The van der Waals surface area contributed by atoms with Crippen molar-refractivity contribution < 1.29 is 17.6 Å². The van der Waals surface area contributed by atoms with Gasteiger partial charge in [-0.1, -0.05) is 26.0 Å². The fraction of sp³-hybridized carbons (Fsp3) is 0.440. The van der Waals surface area contributed by atoms with Crippen LogP contribution in [0.25, 0.3) is 11.1 Å². The maximum atomic E-state index is 13.2. The van der Waals surface area contributed by atoms with Gasteiger partial charge in [-0.15, -0.1) is 0 Å². The lowest BCUT2D eigenvalue weighted by molar-refractivity contribution is -0.117. The minimum atomic E-state index is -3.71. The Morgan fingerprint density at radius 1 is 1.09 bits per heavy atom. The molecule has 34 heavy (non-hydrogen) atoms. The van der Waals surface area contributed by atoms with Crippen LogP contribution in [-0.2, 0) is 27.8 Å². The maximum Gasteiger partial charge on any atom is 0.419 e. The van der Waals surface area contributed by atoms with Crippen LogP contribution in [0.2, 0.25) is 0 Å². The number of carbonyl (C=O) groups excluding carboxylic acids is 1. The second-order valence-corrected chi connectivity index (χ2v) is 10.7. The summed E-state index contributed by atoms with van der Waals surface area (Å²) in [6.45, 7) is 5.26. The fourth-order valence-electron chi connectivity index (χ4n) is 4.44. The molecule has 1 aliphatic rings. The molecule has 1 aliphatic heterocycles. The van der Waals surface area contributed by atoms with Crippen molar-refractivity contribution in [2.45, 2.75) is 57.4 Å². The third kappa shape index (κ3) is 5.10. The summed E-state index contributed by atoms with van der Waals surface area (Å²) in [5.41, 5.74) is 2.86. The summed E-state index contributed by atoms with van der Waals surface area (Å²) in [6.07, 6.45) is 3.32. The molecule has 1 N–H and O–H groups in total. The van der Waals surface area contributed by atoms with E-state index in [1.165, 1.54) is 26.6 Å². The largest absolute Gasteiger partial charge is 0.419 e. The number of rotatable bonds is 8. The van der Waals surface area contributed by atoms with Crippen LogP contribution >= 0.6 is 0 Å². The molecule has 4 rings (SSSR count). The number of nitrogens with one attached hydrogen (secondary N) is 1. The molecule has 0 aliphatic carbocycles. The first-order valence-electron chi connectivity index (χ1n) is 11.8. The zero-order valence-corrected chi connectivity index (χ0v) is 20.4. The molecule has 2 heterocycles. The summed E-state index contributed by atoms with van der Waals surface area (Å²) in [6, 6.07) is 12.4. The fourth-order valence-corrected chi connectivity index (χ4v) is 5.93. The number of anilines is 1. The number of nitrogens with zero attached hydrogens (tertiary/aromatic N) is 2. The van der Waals surface area contributed by atoms with Gasteiger partial charge in [-0.05, 0) is 61.4 Å². The van der Waals surface area contributed by atoms with E-state index in [9.17, 15) is 18.0 Å². The van der Waals surface area contributed by atoms with E-state index in [1.807, 2.05) is 31.2 Å². The van der Waals surface area contributed by atoms with Crippen molar-refractivity contribution in [1.82, 2.24) is 8.87 Å². The zero-order chi connectivity index (χ0) is 24.3. The van der Waals surface area contributed by atoms with Crippen LogP contribution in [0.3, 0.4) is 0 Å². The highest BCUT2D eigenvalue weighted by molar-refractivity contribution is 7.89. The number of aromatic nitrogens is 1. The Morgan fingerprint density at radius 2 is 1.79 bits per heavy atom. The van der Waals surface area contributed by atoms with Gasteiger partial charge in [0, 0.05) is 37.8 Å².